The van der Waals surface area contributed by atoms with Crippen molar-refractivity contribution >= 4 is 11.7 Å². The Morgan fingerprint density at radius 1 is 0.951 bits per heavy atom. The highest BCUT2D eigenvalue weighted by Gasteiger charge is 2.25. The van der Waals surface area contributed by atoms with E-state index in [1.807, 2.05) is 6.07 Å². The van der Waals surface area contributed by atoms with Crippen molar-refractivity contribution in [2.45, 2.75) is 25.5 Å². The van der Waals surface area contributed by atoms with Gasteiger partial charge in [-0.15, -0.1) is 5.10 Å². The molecule has 0 spiro atoms. The van der Waals surface area contributed by atoms with Crippen molar-refractivity contribution in [2.75, 3.05) is 44.3 Å². The fourth-order valence-electron chi connectivity index (χ4n) is 4.94. The Labute approximate surface area is 235 Å². The lowest BCUT2D eigenvalue weighted by Gasteiger charge is -2.35. The van der Waals surface area contributed by atoms with Gasteiger partial charge >= 0.3 is 0 Å². The maximum Gasteiger partial charge on any atom is 0.244 e. The standard InChI is InChI=1S/C29H29F2N7O3/c30-22-7-3-20(4-8-22)28-34-29(21-5-9-23(31)10-6-21)38(35-28)17-27(39)37-13-11-36(12-14-37)25-16-26(33-19-32-25)41-24-2-1-15-40-18-24/h3-10,16,19,24H,1-2,11-15,17-18H2. The number of hydrogen-bond donors (Lipinski definition) is 0. The van der Waals surface area contributed by atoms with Gasteiger partial charge in [-0.3, -0.25) is 4.79 Å². The molecule has 4 heterocycles. The number of carbonyl (C=O) groups excluding carboxylic acids is 1. The molecule has 2 saturated heterocycles. The fraction of sp³-hybridized carbons (Fsp3) is 0.345. The summed E-state index contributed by atoms with van der Waals surface area (Å²) in [5.41, 5.74) is 1.23. The third-order valence-corrected chi connectivity index (χ3v) is 7.15. The van der Waals surface area contributed by atoms with Crippen LogP contribution in [0.1, 0.15) is 12.8 Å². The molecule has 2 aliphatic rings. The molecule has 41 heavy (non-hydrogen) atoms. The van der Waals surface area contributed by atoms with E-state index in [1.165, 1.54) is 35.3 Å². The summed E-state index contributed by atoms with van der Waals surface area (Å²) >= 11 is 0. The predicted molar refractivity (Wildman–Crippen MR) is 146 cm³/mol. The summed E-state index contributed by atoms with van der Waals surface area (Å²) in [4.78, 5) is 30.5. The molecule has 4 aromatic rings. The number of amides is 1. The zero-order valence-electron chi connectivity index (χ0n) is 22.3. The SMILES string of the molecule is O=C(Cn1nc(-c2ccc(F)cc2)nc1-c1ccc(F)cc1)N1CCN(c2cc(OC3CCCOC3)ncn2)CC1. The molecule has 0 aliphatic carbocycles. The lowest BCUT2D eigenvalue weighted by molar-refractivity contribution is -0.132. The van der Waals surface area contributed by atoms with Gasteiger partial charge in [0.2, 0.25) is 11.8 Å². The average Bonchev–Trinajstić information content (AvgIpc) is 3.42. The van der Waals surface area contributed by atoms with Crippen molar-refractivity contribution in [3.8, 4) is 28.7 Å². The zero-order valence-corrected chi connectivity index (χ0v) is 22.3. The van der Waals surface area contributed by atoms with Gasteiger partial charge in [-0.1, -0.05) is 0 Å². The van der Waals surface area contributed by atoms with E-state index >= 15 is 0 Å². The normalized spacial score (nSPS) is 17.5. The summed E-state index contributed by atoms with van der Waals surface area (Å²) in [5.74, 6) is 1.17. The molecule has 12 heteroatoms. The number of benzene rings is 2. The van der Waals surface area contributed by atoms with Crippen LogP contribution in [0.2, 0.25) is 0 Å². The lowest BCUT2D eigenvalue weighted by Crippen LogP contribution is -2.50. The highest BCUT2D eigenvalue weighted by Crippen LogP contribution is 2.24. The molecule has 1 atom stereocenters. The number of hydrogen-bond acceptors (Lipinski definition) is 8. The van der Waals surface area contributed by atoms with Crippen LogP contribution in [-0.2, 0) is 16.1 Å². The van der Waals surface area contributed by atoms with Crippen LogP contribution < -0.4 is 9.64 Å². The van der Waals surface area contributed by atoms with Gasteiger partial charge in [-0.2, -0.15) is 0 Å². The number of nitrogens with zero attached hydrogens (tertiary/aromatic N) is 7. The van der Waals surface area contributed by atoms with Gasteiger partial charge in [0.15, 0.2) is 11.6 Å². The maximum absolute atomic E-state index is 13.6. The summed E-state index contributed by atoms with van der Waals surface area (Å²) in [7, 11) is 0. The van der Waals surface area contributed by atoms with Crippen LogP contribution in [0.3, 0.4) is 0 Å². The Morgan fingerprint density at radius 3 is 2.34 bits per heavy atom. The first-order valence-electron chi connectivity index (χ1n) is 13.6. The lowest BCUT2D eigenvalue weighted by atomic mass is 10.2. The number of anilines is 1. The second-order valence-electron chi connectivity index (χ2n) is 9.97. The van der Waals surface area contributed by atoms with Gasteiger partial charge in [-0.05, 0) is 61.4 Å². The van der Waals surface area contributed by atoms with Gasteiger partial charge in [0, 0.05) is 50.0 Å². The van der Waals surface area contributed by atoms with Crippen LogP contribution in [0.5, 0.6) is 5.88 Å². The molecule has 0 saturated carbocycles. The fourth-order valence-corrected chi connectivity index (χ4v) is 4.94. The van der Waals surface area contributed by atoms with E-state index in [4.69, 9.17) is 9.47 Å². The zero-order chi connectivity index (χ0) is 28.2. The van der Waals surface area contributed by atoms with E-state index in [9.17, 15) is 13.6 Å². The minimum absolute atomic E-state index is 0.0128. The molecule has 10 nitrogen and oxygen atoms in total. The Balaban J connectivity index is 1.13. The second-order valence-corrected chi connectivity index (χ2v) is 9.97. The van der Waals surface area contributed by atoms with Crippen LogP contribution in [0.25, 0.3) is 22.8 Å². The molecule has 2 aromatic carbocycles. The molecular formula is C29H29F2N7O3. The first-order chi connectivity index (χ1) is 20.0. The van der Waals surface area contributed by atoms with Gasteiger partial charge in [0.1, 0.15) is 36.4 Å². The average molecular weight is 562 g/mol. The van der Waals surface area contributed by atoms with Crippen LogP contribution in [0.15, 0.2) is 60.9 Å². The summed E-state index contributed by atoms with van der Waals surface area (Å²) < 4.78 is 40.0. The molecular weight excluding hydrogens is 532 g/mol. The van der Waals surface area contributed by atoms with E-state index in [0.717, 1.165) is 25.3 Å². The summed E-state index contributed by atoms with van der Waals surface area (Å²) in [5, 5.41) is 4.56. The van der Waals surface area contributed by atoms with Crippen molar-refractivity contribution in [3.63, 3.8) is 0 Å². The number of halogens is 2. The molecule has 2 aliphatic heterocycles. The third-order valence-electron chi connectivity index (χ3n) is 7.15. The van der Waals surface area contributed by atoms with Gasteiger partial charge in [0.25, 0.3) is 0 Å². The minimum atomic E-state index is -0.377. The Morgan fingerprint density at radius 2 is 1.66 bits per heavy atom. The molecule has 1 amide bonds. The Bertz CT molecular complexity index is 1480. The van der Waals surface area contributed by atoms with Crippen molar-refractivity contribution in [2.24, 2.45) is 0 Å². The molecule has 0 radical (unpaired) electrons. The van der Waals surface area contributed by atoms with Gasteiger partial charge in [-0.25, -0.2) is 28.4 Å². The molecule has 212 valence electrons. The molecule has 0 N–H and O–H groups in total. The van der Waals surface area contributed by atoms with E-state index in [2.05, 4.69) is 25.0 Å². The van der Waals surface area contributed by atoms with Crippen molar-refractivity contribution in [1.82, 2.24) is 29.6 Å². The number of aromatic nitrogens is 5. The van der Waals surface area contributed by atoms with Crippen LogP contribution in [0.4, 0.5) is 14.6 Å². The minimum Gasteiger partial charge on any atom is -0.472 e. The number of carbonyl (C=O) groups is 1. The van der Waals surface area contributed by atoms with E-state index in [1.54, 1.807) is 29.2 Å². The van der Waals surface area contributed by atoms with Crippen LogP contribution in [0, 0.1) is 11.6 Å². The van der Waals surface area contributed by atoms with Gasteiger partial charge < -0.3 is 19.3 Å². The van der Waals surface area contributed by atoms with Gasteiger partial charge in [0.05, 0.1) is 6.61 Å². The summed E-state index contributed by atoms with van der Waals surface area (Å²) in [6, 6.07) is 13.5. The molecule has 2 fully saturated rings. The quantitative estimate of drug-likeness (QED) is 0.338. The molecule has 2 aromatic heterocycles. The summed E-state index contributed by atoms with van der Waals surface area (Å²) in [6.07, 6.45) is 3.37. The largest absolute Gasteiger partial charge is 0.472 e. The topological polar surface area (TPSA) is 98.5 Å². The Kier molecular flexibility index (Phi) is 7.81. The molecule has 6 rings (SSSR count). The first-order valence-corrected chi connectivity index (χ1v) is 13.6. The highest BCUT2D eigenvalue weighted by atomic mass is 19.1. The number of ether oxygens (including phenoxy) is 2. The van der Waals surface area contributed by atoms with E-state index in [0.29, 0.717) is 61.4 Å². The van der Waals surface area contributed by atoms with Crippen molar-refractivity contribution in [3.05, 3.63) is 72.6 Å². The predicted octanol–water partition coefficient (Wildman–Crippen LogP) is 3.59. The molecule has 1 unspecified atom stereocenters. The highest BCUT2D eigenvalue weighted by molar-refractivity contribution is 5.77. The van der Waals surface area contributed by atoms with Crippen LogP contribution >= 0.6 is 0 Å². The van der Waals surface area contributed by atoms with Crippen molar-refractivity contribution in [1.29, 1.82) is 0 Å². The monoisotopic (exact) mass is 561 g/mol. The first kappa shape index (κ1) is 26.8. The maximum atomic E-state index is 13.6. The third kappa shape index (κ3) is 6.32. The van der Waals surface area contributed by atoms with Crippen molar-refractivity contribution < 1.29 is 23.0 Å². The Hall–Kier alpha value is -4.45. The van der Waals surface area contributed by atoms with E-state index < -0.39 is 0 Å². The second kappa shape index (κ2) is 12.0. The number of piperazine rings is 1. The molecule has 0 bridgehead atoms. The van der Waals surface area contributed by atoms with E-state index in [-0.39, 0.29) is 30.2 Å². The number of rotatable bonds is 7. The smallest absolute Gasteiger partial charge is 0.244 e. The van der Waals surface area contributed by atoms with Crippen LogP contribution in [-0.4, -0.2) is 81.0 Å². The summed E-state index contributed by atoms with van der Waals surface area (Å²) in [6.45, 7) is 3.46.